The van der Waals surface area contributed by atoms with Gasteiger partial charge in [0.05, 0.1) is 11.6 Å². The van der Waals surface area contributed by atoms with Gasteiger partial charge in [-0.05, 0) is 51.3 Å². The van der Waals surface area contributed by atoms with Crippen LogP contribution in [-0.2, 0) is 6.42 Å². The maximum absolute atomic E-state index is 12.1. The third-order valence-electron chi connectivity index (χ3n) is 3.34. The number of rotatable bonds is 6. The largest absolute Gasteiger partial charge is 0.390 e. The number of hydrogen-bond acceptors (Lipinski definition) is 5. The van der Waals surface area contributed by atoms with Gasteiger partial charge in [-0.15, -0.1) is 10.2 Å². The Labute approximate surface area is 129 Å². The number of H-pyrrole nitrogens is 1. The molecule has 7 nitrogen and oxygen atoms in total. The Morgan fingerprint density at radius 2 is 2.05 bits per heavy atom. The molecule has 2 rings (SSSR count). The first-order valence-corrected chi connectivity index (χ1v) is 7.21. The minimum atomic E-state index is -0.684. The highest BCUT2D eigenvalue weighted by atomic mass is 16.3. The minimum Gasteiger partial charge on any atom is -0.390 e. The minimum absolute atomic E-state index is 0.189. The summed E-state index contributed by atoms with van der Waals surface area (Å²) in [7, 11) is 0. The Morgan fingerprint density at radius 3 is 2.59 bits per heavy atom. The molecular formula is C15H21N5O2. The maximum atomic E-state index is 12.1. The van der Waals surface area contributed by atoms with E-state index in [1.807, 2.05) is 12.1 Å². The lowest BCUT2D eigenvalue weighted by Gasteiger charge is -2.16. The molecule has 0 fully saturated rings. The summed E-state index contributed by atoms with van der Waals surface area (Å²) in [6.07, 6.45) is 1.44. The summed E-state index contributed by atoms with van der Waals surface area (Å²) in [6, 6.07) is 7.04. The van der Waals surface area contributed by atoms with Crippen molar-refractivity contribution in [2.45, 2.75) is 45.3 Å². The third kappa shape index (κ3) is 4.63. The molecule has 118 valence electrons. The predicted molar refractivity (Wildman–Crippen MR) is 81.1 cm³/mol. The smallest absolute Gasteiger partial charge is 0.251 e. The van der Waals surface area contributed by atoms with Gasteiger partial charge in [0.1, 0.15) is 0 Å². The highest BCUT2D eigenvalue weighted by Crippen LogP contribution is 2.14. The lowest BCUT2D eigenvalue weighted by molar-refractivity contribution is 0.0713. The van der Waals surface area contributed by atoms with Crippen molar-refractivity contribution in [3.8, 4) is 0 Å². The Bertz CT molecular complexity index is 602. The Morgan fingerprint density at radius 1 is 1.36 bits per heavy atom. The van der Waals surface area contributed by atoms with Crippen molar-refractivity contribution in [3.63, 3.8) is 0 Å². The van der Waals surface area contributed by atoms with Crippen LogP contribution in [-0.4, -0.2) is 37.2 Å². The first-order valence-electron chi connectivity index (χ1n) is 7.21. The highest BCUT2D eigenvalue weighted by Gasteiger charge is 2.15. The Kier molecular flexibility index (Phi) is 4.87. The van der Waals surface area contributed by atoms with Crippen LogP contribution in [0.4, 0.5) is 0 Å². The number of nitrogens with one attached hydrogen (secondary N) is 2. The topological polar surface area (TPSA) is 104 Å². The molecule has 1 amide bonds. The third-order valence-corrected chi connectivity index (χ3v) is 3.34. The summed E-state index contributed by atoms with van der Waals surface area (Å²) in [5, 5.41) is 26.0. The molecule has 3 N–H and O–H groups in total. The molecule has 0 radical (unpaired) electrons. The van der Waals surface area contributed by atoms with Crippen LogP contribution in [0.1, 0.15) is 55.0 Å². The van der Waals surface area contributed by atoms with Gasteiger partial charge in [-0.1, -0.05) is 17.3 Å². The van der Waals surface area contributed by atoms with Gasteiger partial charge >= 0.3 is 0 Å². The molecule has 0 saturated carbocycles. The molecule has 1 atom stereocenters. The number of benzene rings is 1. The molecular weight excluding hydrogens is 282 g/mol. The van der Waals surface area contributed by atoms with Crippen LogP contribution in [0.2, 0.25) is 0 Å². The zero-order valence-electron chi connectivity index (χ0n) is 13.0. The number of carbonyl (C=O) groups is 1. The molecule has 22 heavy (non-hydrogen) atoms. The fraction of sp³-hybridized carbons (Fsp3) is 0.467. The van der Waals surface area contributed by atoms with E-state index in [0.717, 1.165) is 12.0 Å². The number of hydrogen-bond donors (Lipinski definition) is 3. The van der Waals surface area contributed by atoms with Gasteiger partial charge < -0.3 is 10.4 Å². The first-order chi connectivity index (χ1) is 10.3. The molecule has 1 heterocycles. The van der Waals surface area contributed by atoms with Crippen molar-refractivity contribution in [2.24, 2.45) is 0 Å². The van der Waals surface area contributed by atoms with Crippen LogP contribution < -0.4 is 5.32 Å². The van der Waals surface area contributed by atoms with Gasteiger partial charge in [0.25, 0.3) is 5.91 Å². The standard InChI is InChI=1S/C15H21N5O2/c1-10(13-17-19-20-18-13)16-14(21)12-6-4-11(5-7-12)8-9-15(2,3)22/h4-7,10,22H,8-9H2,1-3H3,(H,16,21)(H,17,18,19,20)/t10-/m1/s1. The first kappa shape index (κ1) is 16.1. The quantitative estimate of drug-likeness (QED) is 0.748. The van der Waals surface area contributed by atoms with Gasteiger partial charge in [-0.2, -0.15) is 5.21 Å². The molecule has 7 heteroatoms. The average molecular weight is 303 g/mol. The predicted octanol–water partition coefficient (Wildman–Crippen LogP) is 1.39. The molecule has 0 bridgehead atoms. The molecule has 0 aliphatic carbocycles. The van der Waals surface area contributed by atoms with Crippen molar-refractivity contribution in [3.05, 3.63) is 41.2 Å². The average Bonchev–Trinajstić information content (AvgIpc) is 2.99. The lowest BCUT2D eigenvalue weighted by Crippen LogP contribution is -2.27. The van der Waals surface area contributed by atoms with Crippen LogP contribution in [0.25, 0.3) is 0 Å². The molecule has 1 aromatic heterocycles. The summed E-state index contributed by atoms with van der Waals surface area (Å²) in [4.78, 5) is 12.1. The molecule has 0 unspecified atom stereocenters. The second-order valence-electron chi connectivity index (χ2n) is 5.97. The number of aromatic nitrogens is 4. The van der Waals surface area contributed by atoms with Gasteiger partial charge in [0.15, 0.2) is 5.82 Å². The molecule has 0 saturated heterocycles. The number of tetrazole rings is 1. The summed E-state index contributed by atoms with van der Waals surface area (Å²) >= 11 is 0. The van der Waals surface area contributed by atoms with E-state index in [1.165, 1.54) is 0 Å². The van der Waals surface area contributed by atoms with Crippen LogP contribution in [0.15, 0.2) is 24.3 Å². The molecule has 1 aromatic carbocycles. The van der Waals surface area contributed by atoms with E-state index < -0.39 is 5.60 Å². The molecule has 2 aromatic rings. The highest BCUT2D eigenvalue weighted by molar-refractivity contribution is 5.94. The van der Waals surface area contributed by atoms with Crippen LogP contribution in [0, 0.1) is 0 Å². The second kappa shape index (κ2) is 6.65. The number of nitrogens with zero attached hydrogens (tertiary/aromatic N) is 3. The zero-order valence-corrected chi connectivity index (χ0v) is 13.0. The number of aryl methyl sites for hydroxylation is 1. The summed E-state index contributed by atoms with van der Waals surface area (Å²) in [6.45, 7) is 5.36. The van der Waals surface area contributed by atoms with E-state index in [2.05, 4.69) is 25.9 Å². The van der Waals surface area contributed by atoms with Gasteiger partial charge in [-0.25, -0.2) is 0 Å². The van der Waals surface area contributed by atoms with E-state index in [-0.39, 0.29) is 11.9 Å². The number of aliphatic hydroxyl groups is 1. The van der Waals surface area contributed by atoms with Crippen LogP contribution >= 0.6 is 0 Å². The fourth-order valence-corrected chi connectivity index (χ4v) is 1.97. The summed E-state index contributed by atoms with van der Waals surface area (Å²) in [5.74, 6) is 0.251. The number of carbonyl (C=O) groups excluding carboxylic acids is 1. The Balaban J connectivity index is 1.93. The van der Waals surface area contributed by atoms with Crippen molar-refractivity contribution in [1.29, 1.82) is 0 Å². The van der Waals surface area contributed by atoms with Crippen LogP contribution in [0.3, 0.4) is 0 Å². The molecule has 0 aliphatic heterocycles. The van der Waals surface area contributed by atoms with Crippen molar-refractivity contribution in [2.75, 3.05) is 0 Å². The molecule has 0 spiro atoms. The SMILES string of the molecule is C[C@@H](NC(=O)c1ccc(CCC(C)(C)O)cc1)c1nn[nH]n1. The molecule has 0 aliphatic rings. The van der Waals surface area contributed by atoms with E-state index >= 15 is 0 Å². The number of amides is 1. The summed E-state index contributed by atoms with van der Waals surface area (Å²) < 4.78 is 0. The van der Waals surface area contributed by atoms with E-state index in [1.54, 1.807) is 32.9 Å². The van der Waals surface area contributed by atoms with Gasteiger partial charge in [0.2, 0.25) is 0 Å². The van der Waals surface area contributed by atoms with Crippen molar-refractivity contribution >= 4 is 5.91 Å². The maximum Gasteiger partial charge on any atom is 0.251 e. The van der Waals surface area contributed by atoms with Crippen molar-refractivity contribution in [1.82, 2.24) is 25.9 Å². The van der Waals surface area contributed by atoms with Crippen molar-refractivity contribution < 1.29 is 9.90 Å². The second-order valence-corrected chi connectivity index (χ2v) is 5.97. The van der Waals surface area contributed by atoms with E-state index in [0.29, 0.717) is 17.8 Å². The van der Waals surface area contributed by atoms with Gasteiger partial charge in [0, 0.05) is 5.56 Å². The number of aromatic amines is 1. The zero-order chi connectivity index (χ0) is 16.2. The van der Waals surface area contributed by atoms with Crippen LogP contribution in [0.5, 0.6) is 0 Å². The van der Waals surface area contributed by atoms with E-state index in [9.17, 15) is 9.90 Å². The van der Waals surface area contributed by atoms with E-state index in [4.69, 9.17) is 0 Å². The Hall–Kier alpha value is -2.28. The fourth-order valence-electron chi connectivity index (χ4n) is 1.97. The normalized spacial score (nSPS) is 12.9. The lowest BCUT2D eigenvalue weighted by atomic mass is 9.98. The summed E-state index contributed by atoms with van der Waals surface area (Å²) in [5.41, 5.74) is 0.975. The van der Waals surface area contributed by atoms with Gasteiger partial charge in [-0.3, -0.25) is 4.79 Å². The monoisotopic (exact) mass is 303 g/mol.